The van der Waals surface area contributed by atoms with Crippen LogP contribution in [0.5, 0.6) is 0 Å². The average Bonchev–Trinajstić information content (AvgIpc) is 2.75. The number of rotatable bonds is 5. The fourth-order valence-corrected chi connectivity index (χ4v) is 2.50. The summed E-state index contributed by atoms with van der Waals surface area (Å²) in [7, 11) is 1.82. The second-order valence-corrected chi connectivity index (χ2v) is 5.39. The standard InChI is InChI=1S/C14H17N3OS/c1-11-4-3-5-12(8-11)9-19-10-14(18)15-13-6-7-17(2)16-13/h3-8H,9-10H2,1-2H3,(H,15,16,18). The van der Waals surface area contributed by atoms with Crippen molar-refractivity contribution in [3.63, 3.8) is 0 Å². The Morgan fingerprint density at radius 1 is 1.42 bits per heavy atom. The monoisotopic (exact) mass is 275 g/mol. The number of aromatic nitrogens is 2. The van der Waals surface area contributed by atoms with Crippen molar-refractivity contribution in [3.8, 4) is 0 Å². The average molecular weight is 275 g/mol. The summed E-state index contributed by atoms with van der Waals surface area (Å²) in [5.74, 6) is 1.86. The maximum atomic E-state index is 11.7. The number of thioether (sulfide) groups is 1. The number of carbonyl (C=O) groups excluding carboxylic acids is 1. The largest absolute Gasteiger partial charge is 0.308 e. The summed E-state index contributed by atoms with van der Waals surface area (Å²) in [4.78, 5) is 11.7. The lowest BCUT2D eigenvalue weighted by Gasteiger charge is -2.03. The van der Waals surface area contributed by atoms with E-state index in [2.05, 4.69) is 35.5 Å². The minimum atomic E-state index is -0.0173. The highest BCUT2D eigenvalue weighted by molar-refractivity contribution is 7.99. The smallest absolute Gasteiger partial charge is 0.235 e. The van der Waals surface area contributed by atoms with Gasteiger partial charge in [-0.2, -0.15) is 5.10 Å². The summed E-state index contributed by atoms with van der Waals surface area (Å²) in [6.07, 6.45) is 1.80. The van der Waals surface area contributed by atoms with E-state index in [-0.39, 0.29) is 5.91 Å². The van der Waals surface area contributed by atoms with E-state index in [1.807, 2.05) is 13.1 Å². The van der Waals surface area contributed by atoms with E-state index in [1.165, 1.54) is 11.1 Å². The minimum absolute atomic E-state index is 0.0173. The quantitative estimate of drug-likeness (QED) is 0.912. The SMILES string of the molecule is Cc1cccc(CSCC(=O)Nc2ccn(C)n2)c1. The van der Waals surface area contributed by atoms with Crippen molar-refractivity contribution in [2.75, 3.05) is 11.1 Å². The third kappa shape index (κ3) is 4.44. The topological polar surface area (TPSA) is 46.9 Å². The van der Waals surface area contributed by atoms with Crippen LogP contribution in [0.15, 0.2) is 36.5 Å². The van der Waals surface area contributed by atoms with Gasteiger partial charge in [0, 0.05) is 25.1 Å². The molecule has 19 heavy (non-hydrogen) atoms. The van der Waals surface area contributed by atoms with Gasteiger partial charge in [0.15, 0.2) is 5.82 Å². The molecule has 1 aromatic carbocycles. The van der Waals surface area contributed by atoms with Gasteiger partial charge in [0.05, 0.1) is 5.75 Å². The zero-order valence-corrected chi connectivity index (χ0v) is 11.9. The van der Waals surface area contributed by atoms with Crippen LogP contribution in [0.2, 0.25) is 0 Å². The Morgan fingerprint density at radius 2 is 2.26 bits per heavy atom. The molecule has 2 rings (SSSR count). The highest BCUT2D eigenvalue weighted by Crippen LogP contribution is 2.13. The van der Waals surface area contributed by atoms with Crippen LogP contribution in [-0.2, 0) is 17.6 Å². The van der Waals surface area contributed by atoms with E-state index in [4.69, 9.17) is 0 Å². The summed E-state index contributed by atoms with van der Waals surface area (Å²) >= 11 is 1.60. The van der Waals surface area contributed by atoms with Gasteiger partial charge in [-0.1, -0.05) is 29.8 Å². The lowest BCUT2D eigenvalue weighted by Crippen LogP contribution is -2.14. The number of benzene rings is 1. The van der Waals surface area contributed by atoms with Crippen LogP contribution in [0.3, 0.4) is 0 Å². The molecule has 5 heteroatoms. The van der Waals surface area contributed by atoms with Crippen LogP contribution in [0, 0.1) is 6.92 Å². The summed E-state index contributed by atoms with van der Waals surface area (Å²) < 4.78 is 1.66. The molecular formula is C14H17N3OS. The van der Waals surface area contributed by atoms with Crippen LogP contribution in [-0.4, -0.2) is 21.4 Å². The van der Waals surface area contributed by atoms with Gasteiger partial charge < -0.3 is 5.32 Å². The molecule has 0 unspecified atom stereocenters. The van der Waals surface area contributed by atoms with E-state index in [1.54, 1.807) is 28.7 Å². The fraction of sp³-hybridized carbons (Fsp3) is 0.286. The van der Waals surface area contributed by atoms with E-state index in [9.17, 15) is 4.79 Å². The number of amides is 1. The third-order valence-corrected chi connectivity index (χ3v) is 3.57. The van der Waals surface area contributed by atoms with Gasteiger partial charge in [0.1, 0.15) is 0 Å². The zero-order chi connectivity index (χ0) is 13.7. The number of aryl methyl sites for hydroxylation is 2. The van der Waals surface area contributed by atoms with Gasteiger partial charge in [-0.3, -0.25) is 9.48 Å². The van der Waals surface area contributed by atoms with Crippen molar-refractivity contribution in [1.29, 1.82) is 0 Å². The highest BCUT2D eigenvalue weighted by Gasteiger charge is 2.04. The molecule has 0 saturated carbocycles. The van der Waals surface area contributed by atoms with Crippen LogP contribution in [0.4, 0.5) is 5.82 Å². The molecule has 2 aromatic rings. The summed E-state index contributed by atoms with van der Waals surface area (Å²) in [5, 5.41) is 6.87. The zero-order valence-electron chi connectivity index (χ0n) is 11.1. The van der Waals surface area contributed by atoms with Crippen molar-refractivity contribution in [2.24, 2.45) is 7.05 Å². The molecule has 0 radical (unpaired) electrons. The van der Waals surface area contributed by atoms with Crippen molar-refractivity contribution < 1.29 is 4.79 Å². The lowest BCUT2D eigenvalue weighted by molar-refractivity contribution is -0.113. The Hall–Kier alpha value is -1.75. The van der Waals surface area contributed by atoms with Gasteiger partial charge in [-0.25, -0.2) is 0 Å². The fourth-order valence-electron chi connectivity index (χ4n) is 1.72. The molecule has 1 heterocycles. The van der Waals surface area contributed by atoms with Crippen molar-refractivity contribution in [2.45, 2.75) is 12.7 Å². The first-order chi connectivity index (χ1) is 9.13. The van der Waals surface area contributed by atoms with Gasteiger partial charge in [0.25, 0.3) is 0 Å². The Morgan fingerprint density at radius 3 is 2.95 bits per heavy atom. The van der Waals surface area contributed by atoms with Crippen molar-refractivity contribution in [3.05, 3.63) is 47.7 Å². The second-order valence-electron chi connectivity index (χ2n) is 4.40. The van der Waals surface area contributed by atoms with Gasteiger partial charge in [-0.05, 0) is 12.5 Å². The second kappa shape index (κ2) is 6.43. The van der Waals surface area contributed by atoms with E-state index in [0.717, 1.165) is 5.75 Å². The molecule has 0 atom stereocenters. The Balaban J connectivity index is 1.75. The molecule has 0 bridgehead atoms. The third-order valence-electron chi connectivity index (χ3n) is 2.57. The number of hydrogen-bond donors (Lipinski definition) is 1. The molecule has 0 spiro atoms. The number of carbonyl (C=O) groups is 1. The van der Waals surface area contributed by atoms with Gasteiger partial charge >= 0.3 is 0 Å². The molecule has 1 amide bonds. The van der Waals surface area contributed by atoms with Crippen LogP contribution in [0.1, 0.15) is 11.1 Å². The maximum absolute atomic E-state index is 11.7. The highest BCUT2D eigenvalue weighted by atomic mass is 32.2. The lowest BCUT2D eigenvalue weighted by atomic mass is 10.2. The van der Waals surface area contributed by atoms with E-state index >= 15 is 0 Å². The molecule has 0 saturated heterocycles. The first kappa shape index (κ1) is 13.7. The first-order valence-electron chi connectivity index (χ1n) is 6.06. The van der Waals surface area contributed by atoms with E-state index < -0.39 is 0 Å². The number of hydrogen-bond acceptors (Lipinski definition) is 3. The number of nitrogens with zero attached hydrogens (tertiary/aromatic N) is 2. The normalized spacial score (nSPS) is 10.4. The molecular weight excluding hydrogens is 258 g/mol. The molecule has 4 nitrogen and oxygen atoms in total. The minimum Gasteiger partial charge on any atom is -0.308 e. The van der Waals surface area contributed by atoms with Crippen molar-refractivity contribution >= 4 is 23.5 Å². The number of nitrogens with one attached hydrogen (secondary N) is 1. The Bertz CT molecular complexity index is 565. The summed E-state index contributed by atoms with van der Waals surface area (Å²) in [6.45, 7) is 2.07. The van der Waals surface area contributed by atoms with Crippen LogP contribution < -0.4 is 5.32 Å². The first-order valence-corrected chi connectivity index (χ1v) is 7.22. The Labute approximate surface area is 117 Å². The molecule has 0 aliphatic carbocycles. The molecule has 0 aliphatic heterocycles. The molecule has 0 fully saturated rings. The van der Waals surface area contributed by atoms with E-state index in [0.29, 0.717) is 11.6 Å². The number of anilines is 1. The predicted octanol–water partition coefficient (Wildman–Crippen LogP) is 2.60. The van der Waals surface area contributed by atoms with Crippen LogP contribution >= 0.6 is 11.8 Å². The maximum Gasteiger partial charge on any atom is 0.235 e. The molecule has 0 aliphatic rings. The van der Waals surface area contributed by atoms with Crippen LogP contribution in [0.25, 0.3) is 0 Å². The predicted molar refractivity (Wildman–Crippen MR) is 79.2 cm³/mol. The van der Waals surface area contributed by atoms with Gasteiger partial charge in [0.2, 0.25) is 5.91 Å². The summed E-state index contributed by atoms with van der Waals surface area (Å²) in [5.41, 5.74) is 2.49. The van der Waals surface area contributed by atoms with Crippen molar-refractivity contribution in [1.82, 2.24) is 9.78 Å². The molecule has 100 valence electrons. The summed E-state index contributed by atoms with van der Waals surface area (Å²) in [6, 6.07) is 10.1. The van der Waals surface area contributed by atoms with Gasteiger partial charge in [-0.15, -0.1) is 11.8 Å². The Kier molecular flexibility index (Phi) is 4.63. The molecule has 1 N–H and O–H groups in total. The molecule has 1 aromatic heterocycles.